The molecule has 0 aliphatic heterocycles. The molecule has 4 heteroatoms. The van der Waals surface area contributed by atoms with Crippen molar-refractivity contribution in [3.8, 4) is 0 Å². The van der Waals surface area contributed by atoms with E-state index >= 15 is 0 Å². The van der Waals surface area contributed by atoms with E-state index in [-0.39, 0.29) is 5.91 Å². The highest BCUT2D eigenvalue weighted by Gasteiger charge is 2.14. The van der Waals surface area contributed by atoms with Crippen LogP contribution in [0.15, 0.2) is 28.8 Å². The minimum Gasteiger partial charge on any atom is -0.361 e. The van der Waals surface area contributed by atoms with E-state index in [1.807, 2.05) is 45.0 Å². The molecule has 4 nitrogen and oxygen atoms in total. The van der Waals surface area contributed by atoms with Crippen LogP contribution in [0.4, 0.5) is 0 Å². The van der Waals surface area contributed by atoms with Gasteiger partial charge in [-0.2, -0.15) is 0 Å². The summed E-state index contributed by atoms with van der Waals surface area (Å²) in [5.74, 6) is 0.741. The lowest BCUT2D eigenvalue weighted by atomic mass is 10.1. The predicted molar refractivity (Wildman–Crippen MR) is 73.0 cm³/mol. The molecule has 2 aromatic rings. The summed E-state index contributed by atoms with van der Waals surface area (Å²) in [6, 6.07) is 7.58. The van der Waals surface area contributed by atoms with E-state index in [1.54, 1.807) is 11.9 Å². The maximum absolute atomic E-state index is 12.3. The van der Waals surface area contributed by atoms with Gasteiger partial charge in [0, 0.05) is 18.7 Å². The third-order valence-corrected chi connectivity index (χ3v) is 3.18. The zero-order valence-electron chi connectivity index (χ0n) is 11.7. The molecule has 0 atom stereocenters. The second-order valence-corrected chi connectivity index (χ2v) is 4.89. The highest BCUT2D eigenvalue weighted by molar-refractivity contribution is 5.94. The van der Waals surface area contributed by atoms with E-state index < -0.39 is 0 Å². The van der Waals surface area contributed by atoms with Gasteiger partial charge >= 0.3 is 0 Å². The first-order valence-electron chi connectivity index (χ1n) is 6.22. The van der Waals surface area contributed by atoms with Crippen molar-refractivity contribution >= 4 is 5.91 Å². The number of aromatic nitrogens is 1. The first kappa shape index (κ1) is 13.3. The van der Waals surface area contributed by atoms with Crippen LogP contribution in [0.5, 0.6) is 0 Å². The quantitative estimate of drug-likeness (QED) is 0.850. The van der Waals surface area contributed by atoms with Crippen molar-refractivity contribution in [2.24, 2.45) is 0 Å². The molecular formula is C15H18N2O2. The summed E-state index contributed by atoms with van der Waals surface area (Å²) in [6.45, 7) is 6.32. The van der Waals surface area contributed by atoms with E-state index in [1.165, 1.54) is 5.56 Å². The van der Waals surface area contributed by atoms with Gasteiger partial charge in [0.1, 0.15) is 11.5 Å². The third-order valence-electron chi connectivity index (χ3n) is 3.18. The predicted octanol–water partition coefficient (Wildman–Crippen LogP) is 2.87. The number of carbonyl (C=O) groups is 1. The number of amides is 1. The van der Waals surface area contributed by atoms with Crippen molar-refractivity contribution in [3.63, 3.8) is 0 Å². The number of nitrogens with zero attached hydrogens (tertiary/aromatic N) is 2. The van der Waals surface area contributed by atoms with Crippen LogP contribution in [0.1, 0.15) is 32.9 Å². The van der Waals surface area contributed by atoms with Crippen molar-refractivity contribution in [2.45, 2.75) is 27.3 Å². The summed E-state index contributed by atoms with van der Waals surface area (Å²) < 4.78 is 5.00. The van der Waals surface area contributed by atoms with Crippen LogP contribution < -0.4 is 0 Å². The first-order valence-corrected chi connectivity index (χ1v) is 6.22. The lowest BCUT2D eigenvalue weighted by molar-refractivity contribution is 0.0782. The van der Waals surface area contributed by atoms with Crippen molar-refractivity contribution in [3.05, 3.63) is 52.4 Å². The minimum absolute atomic E-state index is 0.0104. The number of rotatable bonds is 3. The number of hydrogen-bond donors (Lipinski definition) is 0. The van der Waals surface area contributed by atoms with Gasteiger partial charge in [-0.1, -0.05) is 11.2 Å². The van der Waals surface area contributed by atoms with E-state index in [9.17, 15) is 4.79 Å². The van der Waals surface area contributed by atoms with Crippen LogP contribution in [0.3, 0.4) is 0 Å². The Kier molecular flexibility index (Phi) is 3.69. The molecule has 1 amide bonds. The molecule has 0 aliphatic carbocycles. The minimum atomic E-state index is -0.0104. The molecule has 0 bridgehead atoms. The summed E-state index contributed by atoms with van der Waals surface area (Å²) in [4.78, 5) is 13.9. The lowest BCUT2D eigenvalue weighted by Crippen LogP contribution is -2.26. The Labute approximate surface area is 113 Å². The maximum atomic E-state index is 12.3. The van der Waals surface area contributed by atoms with Crippen LogP contribution in [0, 0.1) is 20.8 Å². The Bertz CT molecular complexity index is 602. The fourth-order valence-electron chi connectivity index (χ4n) is 1.90. The molecule has 0 fully saturated rings. The van der Waals surface area contributed by atoms with Crippen LogP contribution in [-0.4, -0.2) is 23.0 Å². The molecule has 0 N–H and O–H groups in total. The molecule has 0 saturated heterocycles. The number of hydrogen-bond acceptors (Lipinski definition) is 3. The molecule has 1 aromatic heterocycles. The Morgan fingerprint density at radius 1 is 1.21 bits per heavy atom. The van der Waals surface area contributed by atoms with Crippen LogP contribution in [0.25, 0.3) is 0 Å². The highest BCUT2D eigenvalue weighted by Crippen LogP contribution is 2.13. The van der Waals surface area contributed by atoms with Gasteiger partial charge in [-0.3, -0.25) is 4.79 Å². The molecule has 100 valence electrons. The van der Waals surface area contributed by atoms with Gasteiger partial charge in [0.15, 0.2) is 0 Å². The maximum Gasteiger partial charge on any atom is 0.253 e. The SMILES string of the molecule is Cc1cc(CN(C)C(=O)c2ccc(C)c(C)c2)no1. The van der Waals surface area contributed by atoms with Crippen LogP contribution in [-0.2, 0) is 6.54 Å². The molecule has 0 spiro atoms. The molecule has 1 aromatic carbocycles. The Morgan fingerprint density at radius 2 is 1.95 bits per heavy atom. The standard InChI is InChI=1S/C15H18N2O2/c1-10-5-6-13(7-11(10)2)15(18)17(4)9-14-8-12(3)19-16-14/h5-8H,9H2,1-4H3. The molecule has 2 rings (SSSR count). The Hall–Kier alpha value is -2.10. The molecule has 1 heterocycles. The molecular weight excluding hydrogens is 240 g/mol. The zero-order valence-corrected chi connectivity index (χ0v) is 11.7. The Balaban J connectivity index is 2.12. The average molecular weight is 258 g/mol. The summed E-state index contributed by atoms with van der Waals surface area (Å²) >= 11 is 0. The van der Waals surface area contributed by atoms with E-state index in [0.717, 1.165) is 17.0 Å². The van der Waals surface area contributed by atoms with Crippen molar-refractivity contribution in [1.29, 1.82) is 0 Å². The summed E-state index contributed by atoms with van der Waals surface area (Å²) in [5, 5.41) is 3.89. The lowest BCUT2D eigenvalue weighted by Gasteiger charge is -2.16. The van der Waals surface area contributed by atoms with Gasteiger partial charge in [-0.15, -0.1) is 0 Å². The van der Waals surface area contributed by atoms with E-state index in [2.05, 4.69) is 5.16 Å². The molecule has 19 heavy (non-hydrogen) atoms. The monoisotopic (exact) mass is 258 g/mol. The van der Waals surface area contributed by atoms with Crippen LogP contribution >= 0.6 is 0 Å². The van der Waals surface area contributed by atoms with Gasteiger partial charge in [0.2, 0.25) is 0 Å². The number of aryl methyl sites for hydroxylation is 3. The first-order chi connectivity index (χ1) is 8.97. The van der Waals surface area contributed by atoms with Gasteiger partial charge in [0.25, 0.3) is 5.91 Å². The normalized spacial score (nSPS) is 10.5. The van der Waals surface area contributed by atoms with E-state index in [0.29, 0.717) is 12.1 Å². The smallest absolute Gasteiger partial charge is 0.253 e. The van der Waals surface area contributed by atoms with Gasteiger partial charge in [-0.05, 0) is 44.0 Å². The van der Waals surface area contributed by atoms with Gasteiger partial charge < -0.3 is 9.42 Å². The largest absolute Gasteiger partial charge is 0.361 e. The number of benzene rings is 1. The third kappa shape index (κ3) is 3.02. The molecule has 0 saturated carbocycles. The number of carbonyl (C=O) groups excluding carboxylic acids is 1. The average Bonchev–Trinajstić information content (AvgIpc) is 2.77. The topological polar surface area (TPSA) is 46.3 Å². The van der Waals surface area contributed by atoms with Gasteiger partial charge in [0.05, 0.1) is 6.54 Å². The summed E-state index contributed by atoms with van der Waals surface area (Å²) in [5.41, 5.74) is 3.77. The zero-order chi connectivity index (χ0) is 14.0. The summed E-state index contributed by atoms with van der Waals surface area (Å²) in [7, 11) is 1.77. The molecule has 0 aliphatic rings. The van der Waals surface area contributed by atoms with E-state index in [4.69, 9.17) is 4.52 Å². The summed E-state index contributed by atoms with van der Waals surface area (Å²) in [6.07, 6.45) is 0. The Morgan fingerprint density at radius 3 is 2.53 bits per heavy atom. The van der Waals surface area contributed by atoms with Gasteiger partial charge in [-0.25, -0.2) is 0 Å². The fourth-order valence-corrected chi connectivity index (χ4v) is 1.90. The van der Waals surface area contributed by atoms with Crippen molar-refractivity contribution in [2.75, 3.05) is 7.05 Å². The van der Waals surface area contributed by atoms with Crippen molar-refractivity contribution in [1.82, 2.24) is 10.1 Å². The highest BCUT2D eigenvalue weighted by atomic mass is 16.5. The molecule has 0 unspecified atom stereocenters. The fraction of sp³-hybridized carbons (Fsp3) is 0.333. The van der Waals surface area contributed by atoms with Crippen molar-refractivity contribution < 1.29 is 9.32 Å². The molecule has 0 radical (unpaired) electrons. The second-order valence-electron chi connectivity index (χ2n) is 4.89. The second kappa shape index (κ2) is 5.26. The van der Waals surface area contributed by atoms with Crippen LogP contribution in [0.2, 0.25) is 0 Å².